The van der Waals surface area contributed by atoms with Crippen LogP contribution >= 0.6 is 0 Å². The van der Waals surface area contributed by atoms with Crippen LogP contribution in [0.5, 0.6) is 0 Å². The van der Waals surface area contributed by atoms with E-state index in [4.69, 9.17) is 11.5 Å². The van der Waals surface area contributed by atoms with E-state index in [2.05, 4.69) is 11.0 Å². The zero-order valence-corrected chi connectivity index (χ0v) is 11.8. The molecule has 0 aliphatic rings. The maximum atomic E-state index is 11.3. The Hall–Kier alpha value is -2.49. The summed E-state index contributed by atoms with van der Waals surface area (Å²) in [5.41, 5.74) is 15.5. The Morgan fingerprint density at radius 3 is 2.55 bits per heavy atom. The molecule has 20 heavy (non-hydrogen) atoms. The van der Waals surface area contributed by atoms with Gasteiger partial charge in [0.1, 0.15) is 0 Å². The minimum absolute atomic E-state index is 0.452. The molecule has 0 saturated heterocycles. The highest BCUT2D eigenvalue weighted by Gasteiger charge is 2.13. The van der Waals surface area contributed by atoms with Gasteiger partial charge in [0.05, 0.1) is 11.4 Å². The van der Waals surface area contributed by atoms with Crippen molar-refractivity contribution in [2.45, 2.75) is 13.8 Å². The maximum absolute atomic E-state index is 11.3. The molecule has 0 unspecified atom stereocenters. The van der Waals surface area contributed by atoms with Crippen LogP contribution in [0.3, 0.4) is 0 Å². The monoisotopic (exact) mass is 269 g/mol. The third kappa shape index (κ3) is 2.74. The van der Waals surface area contributed by atoms with E-state index in [1.807, 2.05) is 32.0 Å². The van der Waals surface area contributed by atoms with E-state index in [0.29, 0.717) is 11.3 Å². The van der Waals surface area contributed by atoms with E-state index in [1.165, 1.54) is 5.56 Å². The summed E-state index contributed by atoms with van der Waals surface area (Å²) < 4.78 is 0. The highest BCUT2D eigenvalue weighted by atomic mass is 16.1. The van der Waals surface area contributed by atoms with Crippen molar-refractivity contribution in [1.82, 2.24) is 0 Å². The second-order valence-corrected chi connectivity index (χ2v) is 4.72. The Balaban J connectivity index is 2.51. The molecule has 0 fully saturated rings. The van der Waals surface area contributed by atoms with Gasteiger partial charge in [-0.3, -0.25) is 4.79 Å². The van der Waals surface area contributed by atoms with Gasteiger partial charge in [-0.15, -0.1) is 0 Å². The number of carbonyl (C=O) groups is 1. The second kappa shape index (κ2) is 5.65. The predicted octanol–water partition coefficient (Wildman–Crippen LogP) is 2.83. The van der Waals surface area contributed by atoms with Crippen molar-refractivity contribution in [3.8, 4) is 0 Å². The summed E-state index contributed by atoms with van der Waals surface area (Å²) in [5, 5.41) is 0. The number of nitrogens with zero attached hydrogens (tertiary/aromatic N) is 1. The van der Waals surface area contributed by atoms with Gasteiger partial charge < -0.3 is 16.4 Å². The molecule has 104 valence electrons. The van der Waals surface area contributed by atoms with Crippen molar-refractivity contribution in [1.29, 1.82) is 0 Å². The molecule has 0 heterocycles. The van der Waals surface area contributed by atoms with Gasteiger partial charge in [0.15, 0.2) is 0 Å². The van der Waals surface area contributed by atoms with Gasteiger partial charge in [0, 0.05) is 17.8 Å². The fourth-order valence-corrected chi connectivity index (χ4v) is 2.22. The average molecular weight is 269 g/mol. The SMILES string of the molecule is CCN(c1cccc(C)c1)c1cc(C(N)=O)ccc1N. The van der Waals surface area contributed by atoms with E-state index in [-0.39, 0.29) is 0 Å². The molecule has 0 saturated carbocycles. The van der Waals surface area contributed by atoms with E-state index in [0.717, 1.165) is 17.9 Å². The summed E-state index contributed by atoms with van der Waals surface area (Å²) >= 11 is 0. The van der Waals surface area contributed by atoms with Gasteiger partial charge >= 0.3 is 0 Å². The van der Waals surface area contributed by atoms with Crippen LogP contribution in [-0.2, 0) is 0 Å². The minimum Gasteiger partial charge on any atom is -0.397 e. The van der Waals surface area contributed by atoms with Crippen molar-refractivity contribution >= 4 is 23.0 Å². The van der Waals surface area contributed by atoms with Crippen LogP contribution in [0.15, 0.2) is 42.5 Å². The fraction of sp³-hybridized carbons (Fsp3) is 0.188. The van der Waals surface area contributed by atoms with E-state index < -0.39 is 5.91 Å². The summed E-state index contributed by atoms with van der Waals surface area (Å²) in [4.78, 5) is 13.4. The second-order valence-electron chi connectivity index (χ2n) is 4.72. The van der Waals surface area contributed by atoms with Crippen LogP contribution in [0, 0.1) is 6.92 Å². The first-order chi connectivity index (χ1) is 9.52. The molecule has 0 aliphatic carbocycles. The van der Waals surface area contributed by atoms with Crippen LogP contribution in [0.25, 0.3) is 0 Å². The van der Waals surface area contributed by atoms with Crippen LogP contribution in [-0.4, -0.2) is 12.5 Å². The fourth-order valence-electron chi connectivity index (χ4n) is 2.22. The molecule has 2 aromatic carbocycles. The molecule has 0 bridgehead atoms. The Bertz CT molecular complexity index is 637. The van der Waals surface area contributed by atoms with Gasteiger partial charge in [0.25, 0.3) is 0 Å². The number of benzene rings is 2. The largest absolute Gasteiger partial charge is 0.397 e. The molecule has 0 aromatic heterocycles. The lowest BCUT2D eigenvalue weighted by molar-refractivity contribution is 0.100. The van der Waals surface area contributed by atoms with Crippen LogP contribution in [0.4, 0.5) is 17.1 Å². The Labute approximate surface area is 119 Å². The molecule has 4 heteroatoms. The van der Waals surface area contributed by atoms with Crippen LogP contribution in [0.1, 0.15) is 22.8 Å². The number of hydrogen-bond acceptors (Lipinski definition) is 3. The van der Waals surface area contributed by atoms with Crippen molar-refractivity contribution < 1.29 is 4.79 Å². The predicted molar refractivity (Wildman–Crippen MR) is 83.2 cm³/mol. The lowest BCUT2D eigenvalue weighted by Gasteiger charge is -2.25. The van der Waals surface area contributed by atoms with Crippen LogP contribution < -0.4 is 16.4 Å². The number of amides is 1. The summed E-state index contributed by atoms with van der Waals surface area (Å²) in [6, 6.07) is 13.2. The minimum atomic E-state index is -0.452. The molecule has 1 amide bonds. The van der Waals surface area contributed by atoms with Gasteiger partial charge in [-0.1, -0.05) is 12.1 Å². The van der Waals surface area contributed by atoms with Gasteiger partial charge in [0.2, 0.25) is 5.91 Å². The van der Waals surface area contributed by atoms with Crippen molar-refractivity contribution in [3.05, 3.63) is 53.6 Å². The van der Waals surface area contributed by atoms with Crippen LogP contribution in [0.2, 0.25) is 0 Å². The molecule has 4 nitrogen and oxygen atoms in total. The highest BCUT2D eigenvalue weighted by molar-refractivity contribution is 5.95. The number of rotatable bonds is 4. The van der Waals surface area contributed by atoms with Gasteiger partial charge in [-0.2, -0.15) is 0 Å². The molecule has 0 radical (unpaired) electrons. The maximum Gasteiger partial charge on any atom is 0.248 e. The zero-order valence-electron chi connectivity index (χ0n) is 11.8. The molecule has 2 aromatic rings. The Morgan fingerprint density at radius 2 is 1.95 bits per heavy atom. The average Bonchev–Trinajstić information content (AvgIpc) is 2.41. The van der Waals surface area contributed by atoms with E-state index >= 15 is 0 Å². The van der Waals surface area contributed by atoms with Crippen molar-refractivity contribution in [2.75, 3.05) is 17.2 Å². The summed E-state index contributed by atoms with van der Waals surface area (Å²) in [7, 11) is 0. The normalized spacial score (nSPS) is 10.3. The van der Waals surface area contributed by atoms with E-state index in [9.17, 15) is 4.79 Å². The first kappa shape index (κ1) is 13.9. The number of nitrogen functional groups attached to an aromatic ring is 1. The third-order valence-corrected chi connectivity index (χ3v) is 3.24. The molecular formula is C16H19N3O. The number of hydrogen-bond donors (Lipinski definition) is 2. The molecular weight excluding hydrogens is 250 g/mol. The number of nitrogens with two attached hydrogens (primary N) is 2. The molecule has 0 aliphatic heterocycles. The van der Waals surface area contributed by atoms with E-state index in [1.54, 1.807) is 18.2 Å². The summed E-state index contributed by atoms with van der Waals surface area (Å²) in [6.45, 7) is 4.83. The molecule has 2 rings (SSSR count). The summed E-state index contributed by atoms with van der Waals surface area (Å²) in [5.74, 6) is -0.452. The van der Waals surface area contributed by atoms with Crippen molar-refractivity contribution in [2.24, 2.45) is 5.73 Å². The molecule has 4 N–H and O–H groups in total. The number of primary amides is 1. The lowest BCUT2D eigenvalue weighted by atomic mass is 10.1. The number of aryl methyl sites for hydroxylation is 1. The topological polar surface area (TPSA) is 72.3 Å². The quantitative estimate of drug-likeness (QED) is 0.838. The van der Waals surface area contributed by atoms with Gasteiger partial charge in [-0.05, 0) is 49.7 Å². The van der Waals surface area contributed by atoms with Crippen molar-refractivity contribution in [3.63, 3.8) is 0 Å². The lowest BCUT2D eigenvalue weighted by Crippen LogP contribution is -2.19. The van der Waals surface area contributed by atoms with Gasteiger partial charge in [-0.25, -0.2) is 0 Å². The number of anilines is 3. The standard InChI is InChI=1S/C16H19N3O/c1-3-19(13-6-4-5-11(2)9-13)15-10-12(16(18)20)7-8-14(15)17/h4-10H,3,17H2,1-2H3,(H2,18,20). The highest BCUT2D eigenvalue weighted by Crippen LogP contribution is 2.31. The Morgan fingerprint density at radius 1 is 1.20 bits per heavy atom. The molecule has 0 spiro atoms. The first-order valence-electron chi connectivity index (χ1n) is 6.56. The zero-order chi connectivity index (χ0) is 14.7. The third-order valence-electron chi connectivity index (χ3n) is 3.24. The summed E-state index contributed by atoms with van der Waals surface area (Å²) in [6.07, 6.45) is 0. The molecule has 0 atom stereocenters. The Kier molecular flexibility index (Phi) is 3.94. The smallest absolute Gasteiger partial charge is 0.248 e. The first-order valence-corrected chi connectivity index (χ1v) is 6.56. The number of carbonyl (C=O) groups excluding carboxylic acids is 1.